The number of fused-ring (bicyclic) bond motifs is 1. The zero-order chi connectivity index (χ0) is 13.2. The van der Waals surface area contributed by atoms with Crippen LogP contribution in [-0.4, -0.2) is 24.0 Å². The summed E-state index contributed by atoms with van der Waals surface area (Å²) in [5.74, 6) is 0.573. The Bertz CT molecular complexity index is 602. The van der Waals surface area contributed by atoms with E-state index in [1.165, 1.54) is 0 Å². The third-order valence-corrected chi connectivity index (χ3v) is 3.84. The highest BCUT2D eigenvalue weighted by Crippen LogP contribution is 2.23. The first-order chi connectivity index (χ1) is 9.25. The van der Waals surface area contributed by atoms with Crippen molar-refractivity contribution in [3.05, 3.63) is 36.5 Å². The van der Waals surface area contributed by atoms with Crippen LogP contribution >= 0.6 is 0 Å². The number of hydrogen-bond donors (Lipinski definition) is 2. The molecular formula is C15H17N3O. The quantitative estimate of drug-likeness (QED) is 0.882. The van der Waals surface area contributed by atoms with Gasteiger partial charge in [-0.2, -0.15) is 0 Å². The molecule has 1 aromatic heterocycles. The van der Waals surface area contributed by atoms with Gasteiger partial charge < -0.3 is 10.6 Å². The van der Waals surface area contributed by atoms with Gasteiger partial charge in [0.15, 0.2) is 0 Å². The Hall–Kier alpha value is -1.94. The van der Waals surface area contributed by atoms with Crippen LogP contribution in [0.3, 0.4) is 0 Å². The summed E-state index contributed by atoms with van der Waals surface area (Å²) in [6.07, 6.45) is 1.76. The van der Waals surface area contributed by atoms with E-state index < -0.39 is 0 Å². The summed E-state index contributed by atoms with van der Waals surface area (Å²) in [6.45, 7) is 3.86. The van der Waals surface area contributed by atoms with Crippen LogP contribution in [-0.2, 0) is 4.79 Å². The highest BCUT2D eigenvalue weighted by Gasteiger charge is 2.28. The first kappa shape index (κ1) is 12.1. The molecule has 0 radical (unpaired) electrons. The molecule has 4 heteroatoms. The molecule has 3 rings (SSSR count). The maximum absolute atomic E-state index is 12.2. The average Bonchev–Trinajstić information content (AvgIpc) is 2.37. The van der Waals surface area contributed by atoms with Gasteiger partial charge in [-0.3, -0.25) is 9.78 Å². The Kier molecular flexibility index (Phi) is 3.17. The van der Waals surface area contributed by atoms with Crippen LogP contribution in [0.5, 0.6) is 0 Å². The number of carbonyl (C=O) groups is 1. The Morgan fingerprint density at radius 3 is 2.95 bits per heavy atom. The number of benzene rings is 1. The molecule has 0 aliphatic carbocycles. The van der Waals surface area contributed by atoms with Crippen LogP contribution in [0, 0.1) is 11.8 Å². The molecule has 0 saturated carbocycles. The molecule has 1 aliphatic rings. The van der Waals surface area contributed by atoms with E-state index in [9.17, 15) is 4.79 Å². The predicted octanol–water partition coefficient (Wildman–Crippen LogP) is 2.03. The van der Waals surface area contributed by atoms with Gasteiger partial charge in [-0.15, -0.1) is 0 Å². The fourth-order valence-corrected chi connectivity index (χ4v) is 2.34. The lowest BCUT2D eigenvalue weighted by Crippen LogP contribution is -2.48. The third-order valence-electron chi connectivity index (χ3n) is 3.84. The van der Waals surface area contributed by atoms with E-state index in [0.717, 1.165) is 29.7 Å². The van der Waals surface area contributed by atoms with Gasteiger partial charge in [-0.05, 0) is 43.3 Å². The Morgan fingerprint density at radius 1 is 1.37 bits per heavy atom. The van der Waals surface area contributed by atoms with Gasteiger partial charge in [0.2, 0.25) is 5.91 Å². The Morgan fingerprint density at radius 2 is 2.21 bits per heavy atom. The second-order valence-electron chi connectivity index (χ2n) is 5.07. The van der Waals surface area contributed by atoms with E-state index in [-0.39, 0.29) is 11.8 Å². The first-order valence-corrected chi connectivity index (χ1v) is 6.61. The minimum absolute atomic E-state index is 0.0353. The standard InChI is InChI=1S/C15H17N3O/c1-10(11-8-16-9-11)15(19)18-14-6-2-5-13-12(14)4-3-7-17-13/h2-7,10-11,16H,8-9H2,1H3,(H,18,19). The maximum atomic E-state index is 12.2. The lowest BCUT2D eigenvalue weighted by molar-refractivity contribution is -0.121. The SMILES string of the molecule is CC(C(=O)Nc1cccc2ncccc12)C1CNC1. The molecule has 19 heavy (non-hydrogen) atoms. The fraction of sp³-hybridized carbons (Fsp3) is 0.333. The van der Waals surface area contributed by atoms with Gasteiger partial charge in [0.1, 0.15) is 0 Å². The Labute approximate surface area is 112 Å². The number of nitrogens with one attached hydrogen (secondary N) is 2. The number of anilines is 1. The van der Waals surface area contributed by atoms with E-state index in [4.69, 9.17) is 0 Å². The molecule has 1 saturated heterocycles. The molecule has 1 amide bonds. The van der Waals surface area contributed by atoms with E-state index in [0.29, 0.717) is 5.92 Å². The van der Waals surface area contributed by atoms with Crippen LogP contribution in [0.1, 0.15) is 6.92 Å². The first-order valence-electron chi connectivity index (χ1n) is 6.61. The van der Waals surface area contributed by atoms with E-state index in [2.05, 4.69) is 15.6 Å². The summed E-state index contributed by atoms with van der Waals surface area (Å²) in [5, 5.41) is 7.21. The number of nitrogens with zero attached hydrogens (tertiary/aromatic N) is 1. The molecule has 98 valence electrons. The van der Waals surface area contributed by atoms with Crippen LogP contribution in [0.4, 0.5) is 5.69 Å². The van der Waals surface area contributed by atoms with Gasteiger partial charge >= 0.3 is 0 Å². The summed E-state index contributed by atoms with van der Waals surface area (Å²) >= 11 is 0. The van der Waals surface area contributed by atoms with Crippen LogP contribution in [0.15, 0.2) is 36.5 Å². The molecule has 1 unspecified atom stereocenters. The Balaban J connectivity index is 1.82. The van der Waals surface area contributed by atoms with E-state index >= 15 is 0 Å². The van der Waals surface area contributed by atoms with Gasteiger partial charge in [0.05, 0.1) is 11.2 Å². The van der Waals surface area contributed by atoms with Crippen LogP contribution in [0.25, 0.3) is 10.9 Å². The molecule has 4 nitrogen and oxygen atoms in total. The molecule has 1 fully saturated rings. The van der Waals surface area contributed by atoms with Crippen molar-refractivity contribution in [2.24, 2.45) is 11.8 Å². The fourth-order valence-electron chi connectivity index (χ4n) is 2.34. The number of hydrogen-bond acceptors (Lipinski definition) is 3. The highest BCUT2D eigenvalue weighted by molar-refractivity contribution is 6.01. The minimum atomic E-state index is 0.0353. The average molecular weight is 255 g/mol. The zero-order valence-corrected chi connectivity index (χ0v) is 10.9. The van der Waals surface area contributed by atoms with Gasteiger partial charge in [0, 0.05) is 17.5 Å². The second-order valence-corrected chi connectivity index (χ2v) is 5.07. The smallest absolute Gasteiger partial charge is 0.227 e. The van der Waals surface area contributed by atoms with Gasteiger partial charge in [0.25, 0.3) is 0 Å². The molecule has 1 aromatic carbocycles. The number of amides is 1. The molecule has 0 bridgehead atoms. The van der Waals surface area contributed by atoms with Crippen molar-refractivity contribution in [3.63, 3.8) is 0 Å². The maximum Gasteiger partial charge on any atom is 0.227 e. The topological polar surface area (TPSA) is 54.0 Å². The summed E-state index contributed by atoms with van der Waals surface area (Å²) < 4.78 is 0. The summed E-state index contributed by atoms with van der Waals surface area (Å²) in [5.41, 5.74) is 1.74. The highest BCUT2D eigenvalue weighted by atomic mass is 16.1. The van der Waals surface area contributed by atoms with Crippen molar-refractivity contribution in [1.82, 2.24) is 10.3 Å². The van der Waals surface area contributed by atoms with Crippen molar-refractivity contribution >= 4 is 22.5 Å². The molecule has 2 N–H and O–H groups in total. The molecule has 2 aromatic rings. The van der Waals surface area contributed by atoms with Crippen LogP contribution in [0.2, 0.25) is 0 Å². The number of rotatable bonds is 3. The second kappa shape index (κ2) is 4.97. The molecule has 1 atom stereocenters. The number of pyridine rings is 1. The van der Waals surface area contributed by atoms with E-state index in [1.54, 1.807) is 6.20 Å². The summed E-state index contributed by atoms with van der Waals surface area (Å²) in [7, 11) is 0. The lowest BCUT2D eigenvalue weighted by atomic mass is 9.88. The largest absolute Gasteiger partial charge is 0.325 e. The number of carbonyl (C=O) groups excluding carboxylic acids is 1. The lowest BCUT2D eigenvalue weighted by Gasteiger charge is -2.31. The summed E-state index contributed by atoms with van der Waals surface area (Å²) in [4.78, 5) is 16.5. The molecule has 0 spiro atoms. The van der Waals surface area contributed by atoms with Crippen molar-refractivity contribution in [2.45, 2.75) is 6.92 Å². The van der Waals surface area contributed by atoms with Gasteiger partial charge in [-0.1, -0.05) is 13.0 Å². The number of aromatic nitrogens is 1. The molecule has 2 heterocycles. The predicted molar refractivity (Wildman–Crippen MR) is 75.9 cm³/mol. The normalized spacial score (nSPS) is 16.9. The van der Waals surface area contributed by atoms with Gasteiger partial charge in [-0.25, -0.2) is 0 Å². The zero-order valence-electron chi connectivity index (χ0n) is 10.9. The van der Waals surface area contributed by atoms with Crippen LogP contribution < -0.4 is 10.6 Å². The van der Waals surface area contributed by atoms with E-state index in [1.807, 2.05) is 37.3 Å². The van der Waals surface area contributed by atoms with Crippen molar-refractivity contribution < 1.29 is 4.79 Å². The monoisotopic (exact) mass is 255 g/mol. The molecular weight excluding hydrogens is 238 g/mol. The summed E-state index contributed by atoms with van der Waals surface area (Å²) in [6, 6.07) is 9.66. The van der Waals surface area contributed by atoms with Crippen molar-refractivity contribution in [1.29, 1.82) is 0 Å². The van der Waals surface area contributed by atoms with Crippen molar-refractivity contribution in [2.75, 3.05) is 18.4 Å². The molecule has 1 aliphatic heterocycles. The van der Waals surface area contributed by atoms with Crippen molar-refractivity contribution in [3.8, 4) is 0 Å². The third kappa shape index (κ3) is 2.31. The minimum Gasteiger partial charge on any atom is -0.325 e.